The van der Waals surface area contributed by atoms with Crippen molar-refractivity contribution in [2.45, 2.75) is 50.9 Å². The van der Waals surface area contributed by atoms with Gasteiger partial charge in [0, 0.05) is 36.5 Å². The second-order valence-electron chi connectivity index (χ2n) is 6.70. The zero-order chi connectivity index (χ0) is 16.5. The third kappa shape index (κ3) is 3.20. The largest absolute Gasteiger partial charge is 0.337 e. The number of likely N-dealkylation sites (tertiary alicyclic amines) is 1. The molecule has 0 aromatic carbocycles. The van der Waals surface area contributed by atoms with Crippen molar-refractivity contribution in [1.82, 2.24) is 19.9 Å². The zero-order valence-electron chi connectivity index (χ0n) is 13.9. The number of hydrogen-bond acceptors (Lipinski definition) is 5. The van der Waals surface area contributed by atoms with Crippen molar-refractivity contribution in [1.29, 1.82) is 0 Å². The van der Waals surface area contributed by atoms with E-state index in [-0.39, 0.29) is 5.91 Å². The molecule has 2 aromatic rings. The van der Waals surface area contributed by atoms with Gasteiger partial charge >= 0.3 is 0 Å². The standard InChI is InChI=1S/C18H22N4OS/c1-2-14-11-24-17(20-14)13-4-3-9-22(10-13)18(23)15-7-8-19-16(21-15)12-5-6-12/h7-8,11-13H,2-6,9-10H2,1H3. The van der Waals surface area contributed by atoms with Crippen LogP contribution in [0.1, 0.15) is 71.5 Å². The molecule has 4 rings (SSSR count). The van der Waals surface area contributed by atoms with Crippen molar-refractivity contribution >= 4 is 17.2 Å². The predicted molar refractivity (Wildman–Crippen MR) is 93.4 cm³/mol. The van der Waals surface area contributed by atoms with Crippen molar-refractivity contribution in [2.75, 3.05) is 13.1 Å². The van der Waals surface area contributed by atoms with Crippen LogP contribution in [0.5, 0.6) is 0 Å². The lowest BCUT2D eigenvalue weighted by Gasteiger charge is -2.31. The van der Waals surface area contributed by atoms with Gasteiger partial charge < -0.3 is 4.90 Å². The molecule has 126 valence electrons. The molecular weight excluding hydrogens is 320 g/mol. The molecule has 1 aliphatic carbocycles. The van der Waals surface area contributed by atoms with Gasteiger partial charge in [-0.15, -0.1) is 11.3 Å². The van der Waals surface area contributed by atoms with Crippen LogP contribution < -0.4 is 0 Å². The number of nitrogens with zero attached hydrogens (tertiary/aromatic N) is 4. The van der Waals surface area contributed by atoms with E-state index in [1.807, 2.05) is 4.90 Å². The highest BCUT2D eigenvalue weighted by Gasteiger charge is 2.30. The van der Waals surface area contributed by atoms with Crippen LogP contribution in [0.15, 0.2) is 17.6 Å². The van der Waals surface area contributed by atoms with E-state index in [9.17, 15) is 4.79 Å². The van der Waals surface area contributed by atoms with Crippen LogP contribution >= 0.6 is 11.3 Å². The van der Waals surface area contributed by atoms with Crippen LogP contribution in [0.2, 0.25) is 0 Å². The first kappa shape index (κ1) is 15.7. The Morgan fingerprint density at radius 3 is 2.92 bits per heavy atom. The topological polar surface area (TPSA) is 59.0 Å². The van der Waals surface area contributed by atoms with Gasteiger partial charge in [0.15, 0.2) is 0 Å². The third-order valence-corrected chi connectivity index (χ3v) is 5.88. The molecular formula is C18H22N4OS. The number of carbonyl (C=O) groups excluding carboxylic acids is 1. The molecule has 1 unspecified atom stereocenters. The highest BCUT2D eigenvalue weighted by atomic mass is 32.1. The van der Waals surface area contributed by atoms with Gasteiger partial charge in [0.1, 0.15) is 11.5 Å². The fourth-order valence-corrected chi connectivity index (χ4v) is 4.26. The fraction of sp³-hybridized carbons (Fsp3) is 0.556. The summed E-state index contributed by atoms with van der Waals surface area (Å²) in [5.41, 5.74) is 1.70. The van der Waals surface area contributed by atoms with E-state index in [1.54, 1.807) is 23.6 Å². The van der Waals surface area contributed by atoms with Crippen LogP contribution in [0, 0.1) is 0 Å². The Labute approximate surface area is 146 Å². The van der Waals surface area contributed by atoms with Gasteiger partial charge in [-0.3, -0.25) is 4.79 Å². The molecule has 6 heteroatoms. The van der Waals surface area contributed by atoms with E-state index in [0.29, 0.717) is 17.5 Å². The molecule has 0 bridgehead atoms. The van der Waals surface area contributed by atoms with Gasteiger partial charge in [-0.25, -0.2) is 15.0 Å². The van der Waals surface area contributed by atoms with Crippen molar-refractivity contribution in [3.8, 4) is 0 Å². The molecule has 0 N–H and O–H groups in total. The van der Waals surface area contributed by atoms with E-state index in [0.717, 1.165) is 56.7 Å². The molecule has 2 aromatic heterocycles. The van der Waals surface area contributed by atoms with E-state index >= 15 is 0 Å². The molecule has 1 saturated carbocycles. The summed E-state index contributed by atoms with van der Waals surface area (Å²) >= 11 is 1.73. The number of rotatable bonds is 4. The van der Waals surface area contributed by atoms with E-state index in [4.69, 9.17) is 4.98 Å². The summed E-state index contributed by atoms with van der Waals surface area (Å²) in [5.74, 6) is 1.70. The summed E-state index contributed by atoms with van der Waals surface area (Å²) in [6, 6.07) is 1.75. The molecule has 1 amide bonds. The first-order chi connectivity index (χ1) is 11.7. The van der Waals surface area contributed by atoms with Crippen molar-refractivity contribution in [2.24, 2.45) is 0 Å². The van der Waals surface area contributed by atoms with Gasteiger partial charge in [-0.2, -0.15) is 0 Å². The van der Waals surface area contributed by atoms with Crippen molar-refractivity contribution in [3.63, 3.8) is 0 Å². The lowest BCUT2D eigenvalue weighted by molar-refractivity contribution is 0.0700. The quantitative estimate of drug-likeness (QED) is 0.854. The Balaban J connectivity index is 1.48. The number of thiazole rings is 1. The molecule has 1 aliphatic heterocycles. The SMILES string of the molecule is CCc1csc(C2CCCN(C(=O)c3ccnc(C4CC4)n3)C2)n1. The molecule has 1 saturated heterocycles. The maximum absolute atomic E-state index is 12.9. The van der Waals surface area contributed by atoms with Crippen LogP contribution in [0.3, 0.4) is 0 Å². The second-order valence-corrected chi connectivity index (χ2v) is 7.58. The maximum atomic E-state index is 12.9. The molecule has 0 radical (unpaired) electrons. The van der Waals surface area contributed by atoms with Crippen LogP contribution in [-0.2, 0) is 6.42 Å². The number of carbonyl (C=O) groups is 1. The fourth-order valence-electron chi connectivity index (χ4n) is 3.23. The average molecular weight is 342 g/mol. The number of amides is 1. The van der Waals surface area contributed by atoms with Crippen molar-refractivity contribution < 1.29 is 4.79 Å². The number of aryl methyl sites for hydroxylation is 1. The van der Waals surface area contributed by atoms with Crippen LogP contribution in [0.4, 0.5) is 0 Å². The minimum atomic E-state index is 0.0382. The monoisotopic (exact) mass is 342 g/mol. The minimum absolute atomic E-state index is 0.0382. The summed E-state index contributed by atoms with van der Waals surface area (Å²) in [6.45, 7) is 3.68. The Morgan fingerprint density at radius 2 is 2.17 bits per heavy atom. The molecule has 5 nitrogen and oxygen atoms in total. The van der Waals surface area contributed by atoms with Gasteiger partial charge in [0.05, 0.1) is 10.7 Å². The lowest BCUT2D eigenvalue weighted by Crippen LogP contribution is -2.39. The van der Waals surface area contributed by atoms with E-state index in [1.165, 1.54) is 5.01 Å². The molecule has 2 fully saturated rings. The third-order valence-electron chi connectivity index (χ3n) is 4.83. The first-order valence-corrected chi connectivity index (χ1v) is 9.69. The molecule has 1 atom stereocenters. The van der Waals surface area contributed by atoms with Gasteiger partial charge in [0.25, 0.3) is 5.91 Å². The highest BCUT2D eigenvalue weighted by Crippen LogP contribution is 2.38. The first-order valence-electron chi connectivity index (χ1n) is 8.81. The van der Waals surface area contributed by atoms with Gasteiger partial charge in [-0.1, -0.05) is 6.92 Å². The molecule has 3 heterocycles. The summed E-state index contributed by atoms with van der Waals surface area (Å²) in [5, 5.41) is 3.31. The average Bonchev–Trinajstić information content (AvgIpc) is 3.38. The van der Waals surface area contributed by atoms with E-state index < -0.39 is 0 Å². The number of aromatic nitrogens is 3. The minimum Gasteiger partial charge on any atom is -0.337 e. The number of piperidine rings is 1. The van der Waals surface area contributed by atoms with Gasteiger partial charge in [-0.05, 0) is 38.2 Å². The van der Waals surface area contributed by atoms with E-state index in [2.05, 4.69) is 22.3 Å². The maximum Gasteiger partial charge on any atom is 0.272 e. The predicted octanol–water partition coefficient (Wildman–Crippen LogP) is 3.39. The summed E-state index contributed by atoms with van der Waals surface area (Å²) < 4.78 is 0. The Morgan fingerprint density at radius 1 is 1.29 bits per heavy atom. The Bertz CT molecular complexity index is 740. The summed E-state index contributed by atoms with van der Waals surface area (Å²) in [4.78, 5) is 28.3. The van der Waals surface area contributed by atoms with Gasteiger partial charge in [0.2, 0.25) is 0 Å². The second kappa shape index (κ2) is 6.59. The zero-order valence-corrected chi connectivity index (χ0v) is 14.8. The summed E-state index contributed by atoms with van der Waals surface area (Å²) in [6.07, 6.45) is 7.12. The smallest absolute Gasteiger partial charge is 0.272 e. The van der Waals surface area contributed by atoms with Crippen LogP contribution in [0.25, 0.3) is 0 Å². The number of hydrogen-bond donors (Lipinski definition) is 0. The molecule has 0 spiro atoms. The van der Waals surface area contributed by atoms with Crippen molar-refractivity contribution in [3.05, 3.63) is 39.9 Å². The molecule has 2 aliphatic rings. The summed E-state index contributed by atoms with van der Waals surface area (Å²) in [7, 11) is 0. The Hall–Kier alpha value is -1.82. The van der Waals surface area contributed by atoms with Crippen LogP contribution in [-0.4, -0.2) is 38.8 Å². The highest BCUT2D eigenvalue weighted by molar-refractivity contribution is 7.09. The normalized spacial score (nSPS) is 21.0. The Kier molecular flexibility index (Phi) is 4.31. The lowest BCUT2D eigenvalue weighted by atomic mass is 9.98. The molecule has 24 heavy (non-hydrogen) atoms.